The van der Waals surface area contributed by atoms with Crippen LogP contribution in [0.2, 0.25) is 0 Å². The highest BCUT2D eigenvalue weighted by Crippen LogP contribution is 2.20. The summed E-state index contributed by atoms with van der Waals surface area (Å²) in [4.78, 5) is 21.9. The van der Waals surface area contributed by atoms with Gasteiger partial charge < -0.3 is 15.1 Å². The van der Waals surface area contributed by atoms with Crippen LogP contribution in [-0.4, -0.2) is 17.4 Å². The van der Waals surface area contributed by atoms with E-state index < -0.39 is 4.92 Å². The van der Waals surface area contributed by atoms with E-state index in [1.165, 1.54) is 12.1 Å². The molecular formula is C14H15N3O4. The standard InChI is InChI=1S/C14H15N3O4/c1-10-7-11(17(19)20)4-5-13(10)15-9-14(18)16-8-12-3-2-6-21-12/h2-7,15H,8-9H2,1H3,(H,16,18). The van der Waals surface area contributed by atoms with Gasteiger partial charge in [0, 0.05) is 17.8 Å². The van der Waals surface area contributed by atoms with Gasteiger partial charge in [-0.1, -0.05) is 0 Å². The van der Waals surface area contributed by atoms with Gasteiger partial charge in [-0.3, -0.25) is 14.9 Å². The number of nitrogens with one attached hydrogen (secondary N) is 2. The van der Waals surface area contributed by atoms with Crippen molar-refractivity contribution in [3.8, 4) is 0 Å². The van der Waals surface area contributed by atoms with Crippen molar-refractivity contribution in [1.29, 1.82) is 0 Å². The van der Waals surface area contributed by atoms with Gasteiger partial charge in [-0.25, -0.2) is 0 Å². The Morgan fingerprint density at radius 1 is 1.38 bits per heavy atom. The van der Waals surface area contributed by atoms with Crippen LogP contribution in [0.3, 0.4) is 0 Å². The summed E-state index contributed by atoms with van der Waals surface area (Å²) < 4.78 is 5.10. The Kier molecular flexibility index (Phi) is 4.55. The lowest BCUT2D eigenvalue weighted by Crippen LogP contribution is -2.29. The zero-order valence-corrected chi connectivity index (χ0v) is 11.5. The number of aryl methyl sites for hydroxylation is 1. The summed E-state index contributed by atoms with van der Waals surface area (Å²) >= 11 is 0. The van der Waals surface area contributed by atoms with E-state index in [9.17, 15) is 14.9 Å². The molecule has 0 fully saturated rings. The average Bonchev–Trinajstić information content (AvgIpc) is 2.97. The second-order valence-electron chi connectivity index (χ2n) is 4.47. The summed E-state index contributed by atoms with van der Waals surface area (Å²) in [6.07, 6.45) is 1.54. The molecule has 2 rings (SSSR count). The smallest absolute Gasteiger partial charge is 0.269 e. The number of nitro benzene ring substituents is 1. The number of carbonyl (C=O) groups is 1. The third-order valence-corrected chi connectivity index (χ3v) is 2.90. The van der Waals surface area contributed by atoms with E-state index in [4.69, 9.17) is 4.42 Å². The number of non-ortho nitro benzene ring substituents is 1. The van der Waals surface area contributed by atoms with Gasteiger partial charge in [0.25, 0.3) is 5.69 Å². The molecule has 110 valence electrons. The topological polar surface area (TPSA) is 97.4 Å². The number of hydrogen-bond donors (Lipinski definition) is 2. The van der Waals surface area contributed by atoms with Crippen LogP contribution in [0.15, 0.2) is 41.0 Å². The van der Waals surface area contributed by atoms with E-state index in [1.54, 1.807) is 31.4 Å². The van der Waals surface area contributed by atoms with Crippen LogP contribution in [-0.2, 0) is 11.3 Å². The number of rotatable bonds is 6. The number of furan rings is 1. The van der Waals surface area contributed by atoms with E-state index in [0.29, 0.717) is 23.6 Å². The Bertz CT molecular complexity index is 638. The minimum atomic E-state index is -0.452. The van der Waals surface area contributed by atoms with Gasteiger partial charge in [-0.2, -0.15) is 0 Å². The summed E-state index contributed by atoms with van der Waals surface area (Å²) in [5.74, 6) is 0.485. The van der Waals surface area contributed by atoms with E-state index in [-0.39, 0.29) is 18.1 Å². The maximum Gasteiger partial charge on any atom is 0.269 e. The molecule has 21 heavy (non-hydrogen) atoms. The fourth-order valence-electron chi connectivity index (χ4n) is 1.80. The Morgan fingerprint density at radius 3 is 2.81 bits per heavy atom. The molecule has 0 radical (unpaired) electrons. The molecule has 0 unspecified atom stereocenters. The number of amides is 1. The lowest BCUT2D eigenvalue weighted by atomic mass is 10.2. The van der Waals surface area contributed by atoms with Gasteiger partial charge in [-0.15, -0.1) is 0 Å². The van der Waals surface area contributed by atoms with E-state index >= 15 is 0 Å². The summed E-state index contributed by atoms with van der Waals surface area (Å²) in [5.41, 5.74) is 1.43. The molecule has 1 aromatic heterocycles. The maximum atomic E-state index is 11.7. The average molecular weight is 289 g/mol. The van der Waals surface area contributed by atoms with Crippen LogP contribution in [0.25, 0.3) is 0 Å². The molecular weight excluding hydrogens is 274 g/mol. The Morgan fingerprint density at radius 2 is 2.19 bits per heavy atom. The molecule has 0 bridgehead atoms. The SMILES string of the molecule is Cc1cc([N+](=O)[O-])ccc1NCC(=O)NCc1ccco1. The molecule has 0 aliphatic heterocycles. The quantitative estimate of drug-likeness (QED) is 0.627. The van der Waals surface area contributed by atoms with E-state index in [0.717, 1.165) is 0 Å². The number of anilines is 1. The van der Waals surface area contributed by atoms with Crippen LogP contribution in [0, 0.1) is 17.0 Å². The molecule has 0 aliphatic carbocycles. The van der Waals surface area contributed by atoms with Crippen LogP contribution in [0.5, 0.6) is 0 Å². The highest BCUT2D eigenvalue weighted by Gasteiger charge is 2.09. The van der Waals surface area contributed by atoms with Crippen LogP contribution >= 0.6 is 0 Å². The third-order valence-electron chi connectivity index (χ3n) is 2.90. The van der Waals surface area contributed by atoms with Crippen molar-refractivity contribution in [2.24, 2.45) is 0 Å². The number of carbonyl (C=O) groups excluding carboxylic acids is 1. The fraction of sp³-hybridized carbons (Fsp3) is 0.214. The molecule has 1 amide bonds. The van der Waals surface area contributed by atoms with E-state index in [2.05, 4.69) is 10.6 Å². The van der Waals surface area contributed by atoms with Crippen LogP contribution < -0.4 is 10.6 Å². The minimum absolute atomic E-state index is 0.0281. The van der Waals surface area contributed by atoms with Gasteiger partial charge in [0.15, 0.2) is 0 Å². The molecule has 7 nitrogen and oxygen atoms in total. The molecule has 0 atom stereocenters. The molecule has 1 aromatic carbocycles. The zero-order valence-electron chi connectivity index (χ0n) is 11.5. The second-order valence-corrected chi connectivity index (χ2v) is 4.47. The van der Waals surface area contributed by atoms with Gasteiger partial charge in [0.05, 0.1) is 24.3 Å². The van der Waals surface area contributed by atoms with E-state index in [1.807, 2.05) is 0 Å². The lowest BCUT2D eigenvalue weighted by molar-refractivity contribution is -0.384. The normalized spacial score (nSPS) is 10.1. The fourth-order valence-corrected chi connectivity index (χ4v) is 1.80. The first kappa shape index (κ1) is 14.6. The maximum absolute atomic E-state index is 11.7. The van der Waals surface area contributed by atoms with Gasteiger partial charge in [-0.05, 0) is 30.7 Å². The molecule has 0 saturated heterocycles. The molecule has 0 aliphatic rings. The van der Waals surface area contributed by atoms with Gasteiger partial charge in [0.2, 0.25) is 5.91 Å². The zero-order chi connectivity index (χ0) is 15.2. The number of nitrogens with zero attached hydrogens (tertiary/aromatic N) is 1. The molecule has 2 N–H and O–H groups in total. The predicted molar refractivity (Wildman–Crippen MR) is 76.9 cm³/mol. The molecule has 2 aromatic rings. The molecule has 0 spiro atoms. The lowest BCUT2D eigenvalue weighted by Gasteiger charge is -2.09. The van der Waals surface area contributed by atoms with Gasteiger partial charge in [0.1, 0.15) is 5.76 Å². The summed E-state index contributed by atoms with van der Waals surface area (Å²) in [6, 6.07) is 7.97. The Hall–Kier alpha value is -2.83. The van der Waals surface area contributed by atoms with Gasteiger partial charge >= 0.3 is 0 Å². The molecule has 1 heterocycles. The largest absolute Gasteiger partial charge is 0.467 e. The number of hydrogen-bond acceptors (Lipinski definition) is 5. The second kappa shape index (κ2) is 6.56. The summed E-state index contributed by atoms with van der Waals surface area (Å²) in [5, 5.41) is 16.3. The van der Waals surface area contributed by atoms with Crippen molar-refractivity contribution in [3.63, 3.8) is 0 Å². The molecule has 0 saturated carbocycles. The third kappa shape index (κ3) is 4.07. The Labute approximate surface area is 121 Å². The van der Waals surface area contributed by atoms with Crippen molar-refractivity contribution < 1.29 is 14.1 Å². The van der Waals surface area contributed by atoms with Crippen molar-refractivity contribution in [2.75, 3.05) is 11.9 Å². The van der Waals surface area contributed by atoms with Crippen molar-refractivity contribution in [2.45, 2.75) is 13.5 Å². The summed E-state index contributed by atoms with van der Waals surface area (Å²) in [7, 11) is 0. The first-order valence-electron chi connectivity index (χ1n) is 6.34. The first-order chi connectivity index (χ1) is 10.1. The van der Waals surface area contributed by atoms with Crippen LogP contribution in [0.4, 0.5) is 11.4 Å². The van der Waals surface area contributed by atoms with Crippen molar-refractivity contribution >= 4 is 17.3 Å². The minimum Gasteiger partial charge on any atom is -0.467 e. The first-order valence-corrected chi connectivity index (χ1v) is 6.34. The van der Waals surface area contributed by atoms with Crippen LogP contribution in [0.1, 0.15) is 11.3 Å². The highest BCUT2D eigenvalue weighted by atomic mass is 16.6. The number of benzene rings is 1. The predicted octanol–water partition coefficient (Wildman–Crippen LogP) is 2.22. The highest BCUT2D eigenvalue weighted by molar-refractivity contribution is 5.81. The van der Waals surface area contributed by atoms with Crippen molar-refractivity contribution in [3.05, 3.63) is 58.0 Å². The monoisotopic (exact) mass is 289 g/mol. The van der Waals surface area contributed by atoms with Crippen molar-refractivity contribution in [1.82, 2.24) is 5.32 Å². The summed E-state index contributed by atoms with van der Waals surface area (Å²) in [6.45, 7) is 2.15. The molecule has 7 heteroatoms. The number of nitro groups is 1. The Balaban J connectivity index is 1.85.